The minimum atomic E-state index is -0.271. The van der Waals surface area contributed by atoms with E-state index in [-0.39, 0.29) is 12.0 Å². The monoisotopic (exact) mass is 354 g/mol. The molecule has 2 rings (SSSR count). The van der Waals surface area contributed by atoms with Crippen molar-refractivity contribution >= 4 is 27.9 Å². The topological polar surface area (TPSA) is 58.6 Å². The Morgan fingerprint density at radius 2 is 1.90 bits per heavy atom. The van der Waals surface area contributed by atoms with Crippen molar-refractivity contribution in [2.75, 3.05) is 26.7 Å². The zero-order chi connectivity index (χ0) is 15.2. The minimum Gasteiger partial charge on any atom is -0.453 e. The lowest BCUT2D eigenvalue weighted by Gasteiger charge is -2.30. The van der Waals surface area contributed by atoms with Gasteiger partial charge in [-0.3, -0.25) is 4.79 Å². The molecular weight excluding hydrogens is 336 g/mol. The highest BCUT2D eigenvalue weighted by molar-refractivity contribution is 9.10. The average Bonchev–Trinajstić information content (AvgIpc) is 2.53. The summed E-state index contributed by atoms with van der Waals surface area (Å²) in [4.78, 5) is 25.1. The van der Waals surface area contributed by atoms with Crippen LogP contribution in [0.1, 0.15) is 23.2 Å². The van der Waals surface area contributed by atoms with Crippen molar-refractivity contribution in [3.63, 3.8) is 0 Å². The maximum Gasteiger partial charge on any atom is 0.409 e. The van der Waals surface area contributed by atoms with E-state index in [1.807, 2.05) is 12.1 Å². The second-order valence-corrected chi connectivity index (χ2v) is 6.03. The summed E-state index contributed by atoms with van der Waals surface area (Å²) in [7, 11) is 1.40. The molecule has 1 heterocycles. The Hall–Kier alpha value is -1.56. The zero-order valence-electron chi connectivity index (χ0n) is 12.0. The van der Waals surface area contributed by atoms with Gasteiger partial charge in [0.25, 0.3) is 5.91 Å². The van der Waals surface area contributed by atoms with E-state index in [0.717, 1.165) is 17.3 Å². The molecule has 1 aromatic rings. The summed E-state index contributed by atoms with van der Waals surface area (Å²) in [5, 5.41) is 2.96. The maximum atomic E-state index is 12.0. The molecule has 0 spiro atoms. The van der Waals surface area contributed by atoms with Crippen molar-refractivity contribution in [2.45, 2.75) is 12.8 Å². The standard InChI is InChI=1S/C15H19BrN2O3/c1-21-15(20)18-8-6-11(7-9-18)10-17-14(19)12-2-4-13(16)5-3-12/h2-5,11H,6-10H2,1H3,(H,17,19). The van der Waals surface area contributed by atoms with E-state index in [1.165, 1.54) is 7.11 Å². The van der Waals surface area contributed by atoms with E-state index < -0.39 is 0 Å². The fraction of sp³-hybridized carbons (Fsp3) is 0.467. The molecule has 0 atom stereocenters. The first-order valence-electron chi connectivity index (χ1n) is 6.97. The number of ether oxygens (including phenoxy) is 1. The van der Waals surface area contributed by atoms with Gasteiger partial charge >= 0.3 is 6.09 Å². The third-order valence-electron chi connectivity index (χ3n) is 3.71. The first-order valence-corrected chi connectivity index (χ1v) is 7.76. The second-order valence-electron chi connectivity index (χ2n) is 5.12. The number of methoxy groups -OCH3 is 1. The molecule has 1 fully saturated rings. The van der Waals surface area contributed by atoms with Gasteiger partial charge in [0, 0.05) is 29.7 Å². The highest BCUT2D eigenvalue weighted by atomic mass is 79.9. The third-order valence-corrected chi connectivity index (χ3v) is 4.23. The molecule has 0 aliphatic carbocycles. The Kier molecular flexibility index (Phi) is 5.61. The molecule has 0 aromatic heterocycles. The molecule has 1 aliphatic rings. The Morgan fingerprint density at radius 3 is 2.48 bits per heavy atom. The van der Waals surface area contributed by atoms with Gasteiger partial charge in [-0.15, -0.1) is 0 Å². The Morgan fingerprint density at radius 1 is 1.29 bits per heavy atom. The van der Waals surface area contributed by atoms with Crippen LogP contribution in [-0.2, 0) is 4.74 Å². The summed E-state index contributed by atoms with van der Waals surface area (Å²) in [5.74, 6) is 0.350. The molecule has 5 nitrogen and oxygen atoms in total. The fourth-order valence-corrected chi connectivity index (χ4v) is 2.65. The van der Waals surface area contributed by atoms with Crippen LogP contribution >= 0.6 is 15.9 Å². The van der Waals surface area contributed by atoms with Crippen molar-refractivity contribution < 1.29 is 14.3 Å². The van der Waals surface area contributed by atoms with E-state index in [9.17, 15) is 9.59 Å². The van der Waals surface area contributed by atoms with Crippen LogP contribution in [0.2, 0.25) is 0 Å². The Balaban J connectivity index is 1.75. The summed E-state index contributed by atoms with van der Waals surface area (Å²) in [6.45, 7) is 2.01. The van der Waals surface area contributed by atoms with E-state index in [4.69, 9.17) is 4.74 Å². The van der Waals surface area contributed by atoms with Gasteiger partial charge in [-0.25, -0.2) is 4.79 Å². The van der Waals surface area contributed by atoms with Gasteiger partial charge in [-0.05, 0) is 43.0 Å². The highest BCUT2D eigenvalue weighted by Crippen LogP contribution is 2.17. The summed E-state index contributed by atoms with van der Waals surface area (Å²) >= 11 is 3.35. The van der Waals surface area contributed by atoms with Crippen LogP contribution in [0, 0.1) is 5.92 Å². The van der Waals surface area contributed by atoms with E-state index in [0.29, 0.717) is 31.1 Å². The molecule has 6 heteroatoms. The number of nitrogens with one attached hydrogen (secondary N) is 1. The van der Waals surface area contributed by atoms with Crippen LogP contribution in [-0.4, -0.2) is 43.6 Å². The first kappa shape index (κ1) is 15.8. The van der Waals surface area contributed by atoms with Gasteiger partial charge in [-0.1, -0.05) is 15.9 Å². The lowest BCUT2D eigenvalue weighted by atomic mass is 9.97. The SMILES string of the molecule is COC(=O)N1CCC(CNC(=O)c2ccc(Br)cc2)CC1. The minimum absolute atomic E-state index is 0.0575. The smallest absolute Gasteiger partial charge is 0.409 e. The van der Waals surface area contributed by atoms with Crippen molar-refractivity contribution in [1.29, 1.82) is 0 Å². The number of rotatable bonds is 3. The molecule has 1 aliphatic heterocycles. The van der Waals surface area contributed by atoms with Crippen LogP contribution in [0.4, 0.5) is 4.79 Å². The number of likely N-dealkylation sites (tertiary alicyclic amines) is 1. The number of hydrogen-bond acceptors (Lipinski definition) is 3. The number of nitrogens with zero attached hydrogens (tertiary/aromatic N) is 1. The molecule has 1 aromatic carbocycles. The fourth-order valence-electron chi connectivity index (χ4n) is 2.39. The lowest BCUT2D eigenvalue weighted by Crippen LogP contribution is -2.41. The predicted octanol–water partition coefficient (Wildman–Crippen LogP) is 2.66. The molecule has 0 unspecified atom stereocenters. The summed E-state index contributed by atoms with van der Waals surface area (Å²) in [6, 6.07) is 7.28. The second kappa shape index (κ2) is 7.45. The summed E-state index contributed by atoms with van der Waals surface area (Å²) in [6.07, 6.45) is 1.50. The van der Waals surface area contributed by atoms with Gasteiger partial charge in [0.15, 0.2) is 0 Å². The number of hydrogen-bond donors (Lipinski definition) is 1. The predicted molar refractivity (Wildman–Crippen MR) is 83.2 cm³/mol. The third kappa shape index (κ3) is 4.46. The quantitative estimate of drug-likeness (QED) is 0.907. The molecular formula is C15H19BrN2O3. The van der Waals surface area contributed by atoms with Crippen LogP contribution in [0.3, 0.4) is 0 Å². The van der Waals surface area contributed by atoms with Gasteiger partial charge in [0.2, 0.25) is 0 Å². The average molecular weight is 355 g/mol. The number of piperidine rings is 1. The van der Waals surface area contributed by atoms with Gasteiger partial charge in [0.05, 0.1) is 7.11 Å². The maximum absolute atomic E-state index is 12.0. The van der Waals surface area contributed by atoms with E-state index in [1.54, 1.807) is 17.0 Å². The van der Waals surface area contributed by atoms with Crippen molar-refractivity contribution in [2.24, 2.45) is 5.92 Å². The van der Waals surface area contributed by atoms with Crippen LogP contribution in [0.25, 0.3) is 0 Å². The number of benzene rings is 1. The molecule has 0 bridgehead atoms. The molecule has 21 heavy (non-hydrogen) atoms. The van der Waals surface area contributed by atoms with E-state index >= 15 is 0 Å². The Labute approximate surface area is 132 Å². The normalized spacial score (nSPS) is 15.6. The number of amides is 2. The Bertz CT molecular complexity index is 496. The van der Waals surface area contributed by atoms with Crippen LogP contribution < -0.4 is 5.32 Å². The van der Waals surface area contributed by atoms with E-state index in [2.05, 4.69) is 21.2 Å². The summed E-state index contributed by atoms with van der Waals surface area (Å²) < 4.78 is 5.66. The molecule has 1 saturated heterocycles. The number of carbonyl (C=O) groups is 2. The van der Waals surface area contributed by atoms with Gasteiger partial charge in [0.1, 0.15) is 0 Å². The van der Waals surface area contributed by atoms with Crippen molar-refractivity contribution in [3.8, 4) is 0 Å². The lowest BCUT2D eigenvalue weighted by molar-refractivity contribution is 0.0914. The largest absolute Gasteiger partial charge is 0.453 e. The van der Waals surface area contributed by atoms with Crippen molar-refractivity contribution in [3.05, 3.63) is 34.3 Å². The molecule has 1 N–H and O–H groups in total. The van der Waals surface area contributed by atoms with Crippen LogP contribution in [0.5, 0.6) is 0 Å². The van der Waals surface area contributed by atoms with Gasteiger partial charge in [-0.2, -0.15) is 0 Å². The van der Waals surface area contributed by atoms with Crippen molar-refractivity contribution in [1.82, 2.24) is 10.2 Å². The summed E-state index contributed by atoms with van der Waals surface area (Å²) in [5.41, 5.74) is 0.658. The molecule has 0 saturated carbocycles. The molecule has 0 radical (unpaired) electrons. The van der Waals surface area contributed by atoms with Gasteiger partial charge < -0.3 is 15.0 Å². The molecule has 2 amide bonds. The van der Waals surface area contributed by atoms with Crippen LogP contribution in [0.15, 0.2) is 28.7 Å². The first-order chi connectivity index (χ1) is 10.1. The molecule has 114 valence electrons. The number of carbonyl (C=O) groups excluding carboxylic acids is 2. The highest BCUT2D eigenvalue weighted by Gasteiger charge is 2.23. The zero-order valence-corrected chi connectivity index (χ0v) is 13.6. The number of halogens is 1.